The Balaban J connectivity index is 2.29. The molecule has 0 saturated carbocycles. The molecule has 0 unspecified atom stereocenters. The molecular weight excluding hydrogens is 216 g/mol. The van der Waals surface area contributed by atoms with Crippen LogP contribution in [0.3, 0.4) is 0 Å². The van der Waals surface area contributed by atoms with Crippen LogP contribution in [0.25, 0.3) is 0 Å². The Bertz CT molecular complexity index is 327. The number of rotatable bonds is 5. The fourth-order valence-electron chi connectivity index (χ4n) is 0.628. The number of primary amides is 1. The van der Waals surface area contributed by atoms with Gasteiger partial charge in [-0.25, -0.2) is 4.98 Å². The first-order chi connectivity index (χ1) is 6.70. The standard InChI is InChI=1S/C9H10N2OS2/c1-7(9(10)12)6-13-14-8-4-2-3-5-11-8/h2-5H,1,6H2,(H2,10,12). The monoisotopic (exact) mass is 226 g/mol. The van der Waals surface area contributed by atoms with E-state index in [0.717, 1.165) is 5.03 Å². The van der Waals surface area contributed by atoms with Crippen molar-refractivity contribution in [2.24, 2.45) is 5.73 Å². The summed E-state index contributed by atoms with van der Waals surface area (Å²) in [4.78, 5) is 14.7. The van der Waals surface area contributed by atoms with Crippen molar-refractivity contribution in [3.05, 3.63) is 36.5 Å². The second kappa shape index (κ2) is 5.72. The van der Waals surface area contributed by atoms with Crippen molar-refractivity contribution < 1.29 is 4.79 Å². The summed E-state index contributed by atoms with van der Waals surface area (Å²) in [7, 11) is 3.00. The quantitative estimate of drug-likeness (QED) is 0.615. The highest BCUT2D eigenvalue weighted by Gasteiger charge is 2.02. The molecular formula is C9H10N2OS2. The van der Waals surface area contributed by atoms with Gasteiger partial charge in [-0.1, -0.05) is 23.4 Å². The van der Waals surface area contributed by atoms with Gasteiger partial charge in [0.25, 0.3) is 0 Å². The van der Waals surface area contributed by atoms with Crippen LogP contribution in [0.4, 0.5) is 0 Å². The Morgan fingerprint density at radius 2 is 2.36 bits per heavy atom. The molecule has 1 amide bonds. The molecule has 0 aliphatic rings. The van der Waals surface area contributed by atoms with Crippen molar-refractivity contribution in [1.82, 2.24) is 4.98 Å². The molecule has 0 saturated heterocycles. The molecule has 0 aromatic carbocycles. The lowest BCUT2D eigenvalue weighted by Gasteiger charge is -1.99. The van der Waals surface area contributed by atoms with Gasteiger partial charge < -0.3 is 5.73 Å². The van der Waals surface area contributed by atoms with Crippen molar-refractivity contribution in [2.45, 2.75) is 5.03 Å². The summed E-state index contributed by atoms with van der Waals surface area (Å²) in [5, 5.41) is 0.912. The number of nitrogens with zero attached hydrogens (tertiary/aromatic N) is 1. The number of carbonyl (C=O) groups excluding carboxylic acids is 1. The average Bonchev–Trinajstić information content (AvgIpc) is 2.19. The largest absolute Gasteiger partial charge is 0.366 e. The Labute approximate surface area is 90.6 Å². The first-order valence-corrected chi connectivity index (χ1v) is 6.20. The topological polar surface area (TPSA) is 56.0 Å². The van der Waals surface area contributed by atoms with Crippen molar-refractivity contribution in [2.75, 3.05) is 5.75 Å². The van der Waals surface area contributed by atoms with Gasteiger partial charge in [-0.2, -0.15) is 0 Å². The second-order valence-corrected chi connectivity index (χ2v) is 4.80. The fraction of sp³-hybridized carbons (Fsp3) is 0.111. The van der Waals surface area contributed by atoms with Gasteiger partial charge >= 0.3 is 0 Å². The van der Waals surface area contributed by atoms with Crippen LogP contribution < -0.4 is 5.73 Å². The van der Waals surface area contributed by atoms with Gasteiger partial charge in [-0.05, 0) is 22.9 Å². The van der Waals surface area contributed by atoms with E-state index in [9.17, 15) is 4.79 Å². The van der Waals surface area contributed by atoms with E-state index in [1.54, 1.807) is 6.20 Å². The lowest BCUT2D eigenvalue weighted by molar-refractivity contribution is -0.114. The van der Waals surface area contributed by atoms with Gasteiger partial charge in [-0.3, -0.25) is 4.79 Å². The molecule has 0 aliphatic carbocycles. The molecule has 0 fully saturated rings. The number of pyridine rings is 1. The van der Waals surface area contributed by atoms with E-state index in [1.807, 2.05) is 18.2 Å². The molecule has 0 radical (unpaired) electrons. The summed E-state index contributed by atoms with van der Waals surface area (Å²) < 4.78 is 0. The molecule has 0 aliphatic heterocycles. The summed E-state index contributed by atoms with van der Waals surface area (Å²) in [5.74, 6) is 0.0791. The SMILES string of the molecule is C=C(CSSc1ccccn1)C(N)=O. The van der Waals surface area contributed by atoms with Gasteiger partial charge in [0, 0.05) is 17.5 Å². The van der Waals surface area contributed by atoms with Crippen LogP contribution in [0.2, 0.25) is 0 Å². The van der Waals surface area contributed by atoms with Crippen molar-refractivity contribution >= 4 is 27.5 Å². The molecule has 14 heavy (non-hydrogen) atoms. The van der Waals surface area contributed by atoms with E-state index in [4.69, 9.17) is 5.73 Å². The van der Waals surface area contributed by atoms with E-state index in [-0.39, 0.29) is 0 Å². The molecule has 3 nitrogen and oxygen atoms in total. The molecule has 1 heterocycles. The van der Waals surface area contributed by atoms with Crippen LogP contribution in [0.5, 0.6) is 0 Å². The number of amides is 1. The molecule has 2 N–H and O–H groups in total. The first kappa shape index (κ1) is 11.1. The zero-order chi connectivity index (χ0) is 10.4. The van der Waals surface area contributed by atoms with E-state index in [2.05, 4.69) is 11.6 Å². The third-order valence-corrected chi connectivity index (χ3v) is 3.58. The third-order valence-electron chi connectivity index (χ3n) is 1.36. The molecule has 0 atom stereocenters. The minimum absolute atomic E-state index is 0.429. The van der Waals surface area contributed by atoms with Crippen molar-refractivity contribution in [1.29, 1.82) is 0 Å². The summed E-state index contributed by atoms with van der Waals surface area (Å²) in [5.41, 5.74) is 5.47. The third kappa shape index (κ3) is 3.85. The van der Waals surface area contributed by atoms with E-state index in [0.29, 0.717) is 11.3 Å². The van der Waals surface area contributed by atoms with Crippen LogP contribution in [0.1, 0.15) is 0 Å². The van der Waals surface area contributed by atoms with Crippen LogP contribution >= 0.6 is 21.6 Å². The zero-order valence-electron chi connectivity index (χ0n) is 7.47. The number of carbonyl (C=O) groups is 1. The molecule has 5 heteroatoms. The smallest absolute Gasteiger partial charge is 0.244 e. The number of aromatic nitrogens is 1. The molecule has 0 bridgehead atoms. The minimum atomic E-state index is -0.445. The maximum Gasteiger partial charge on any atom is 0.244 e. The lowest BCUT2D eigenvalue weighted by atomic mass is 10.3. The Morgan fingerprint density at radius 1 is 1.57 bits per heavy atom. The maximum atomic E-state index is 10.6. The van der Waals surface area contributed by atoms with E-state index >= 15 is 0 Å². The molecule has 74 valence electrons. The molecule has 1 aromatic heterocycles. The van der Waals surface area contributed by atoms with Gasteiger partial charge in [0.2, 0.25) is 5.91 Å². The zero-order valence-corrected chi connectivity index (χ0v) is 9.11. The second-order valence-electron chi connectivity index (χ2n) is 2.48. The van der Waals surface area contributed by atoms with Gasteiger partial charge in [-0.15, -0.1) is 0 Å². The Morgan fingerprint density at radius 3 is 2.93 bits per heavy atom. The van der Waals surface area contributed by atoms with E-state index < -0.39 is 5.91 Å². The number of hydrogen-bond donors (Lipinski definition) is 1. The predicted molar refractivity (Wildman–Crippen MR) is 60.9 cm³/mol. The maximum absolute atomic E-state index is 10.6. The summed E-state index contributed by atoms with van der Waals surface area (Å²) >= 11 is 0. The number of hydrogen-bond acceptors (Lipinski definition) is 4. The first-order valence-electron chi connectivity index (χ1n) is 3.88. The Kier molecular flexibility index (Phi) is 4.55. The van der Waals surface area contributed by atoms with Gasteiger partial charge in [0.05, 0.1) is 0 Å². The van der Waals surface area contributed by atoms with Gasteiger partial charge in [0.15, 0.2) is 0 Å². The molecule has 0 spiro atoms. The molecule has 1 aromatic rings. The summed E-state index contributed by atoms with van der Waals surface area (Å²) in [6.45, 7) is 3.56. The van der Waals surface area contributed by atoms with Crippen molar-refractivity contribution in [3.63, 3.8) is 0 Å². The van der Waals surface area contributed by atoms with Crippen LogP contribution in [-0.4, -0.2) is 16.6 Å². The minimum Gasteiger partial charge on any atom is -0.366 e. The van der Waals surface area contributed by atoms with Crippen LogP contribution in [0, 0.1) is 0 Å². The van der Waals surface area contributed by atoms with Crippen molar-refractivity contribution in [3.8, 4) is 0 Å². The highest BCUT2D eigenvalue weighted by atomic mass is 33.1. The highest BCUT2D eigenvalue weighted by Crippen LogP contribution is 2.29. The van der Waals surface area contributed by atoms with Gasteiger partial charge in [0.1, 0.15) is 5.03 Å². The van der Waals surface area contributed by atoms with Crippen LogP contribution in [-0.2, 0) is 4.79 Å². The average molecular weight is 226 g/mol. The number of nitrogens with two attached hydrogens (primary N) is 1. The lowest BCUT2D eigenvalue weighted by Crippen LogP contribution is -2.14. The normalized spacial score (nSPS) is 9.71. The summed E-state index contributed by atoms with van der Waals surface area (Å²) in [6.07, 6.45) is 1.73. The molecule has 1 rings (SSSR count). The summed E-state index contributed by atoms with van der Waals surface area (Å²) in [6, 6.07) is 5.68. The van der Waals surface area contributed by atoms with E-state index in [1.165, 1.54) is 21.6 Å². The predicted octanol–water partition coefficient (Wildman–Crippen LogP) is 1.86. The Hall–Kier alpha value is -0.940. The fourth-order valence-corrected chi connectivity index (χ4v) is 2.59. The highest BCUT2D eigenvalue weighted by molar-refractivity contribution is 8.76. The van der Waals surface area contributed by atoms with Crippen LogP contribution in [0.15, 0.2) is 41.6 Å².